The summed E-state index contributed by atoms with van der Waals surface area (Å²) < 4.78 is 0. The second-order valence-electron chi connectivity index (χ2n) is 8.60. The molecule has 1 spiro atoms. The Labute approximate surface area is 160 Å². The molecule has 3 N–H and O–H groups in total. The molecule has 4 rings (SSSR count). The van der Waals surface area contributed by atoms with Crippen molar-refractivity contribution in [2.75, 3.05) is 33.2 Å². The van der Waals surface area contributed by atoms with Crippen LogP contribution in [0.25, 0.3) is 0 Å². The van der Waals surface area contributed by atoms with Crippen molar-refractivity contribution in [2.45, 2.75) is 51.1 Å². The lowest BCUT2D eigenvalue weighted by molar-refractivity contribution is 0.148. The van der Waals surface area contributed by atoms with Gasteiger partial charge in [-0.3, -0.25) is 4.90 Å². The summed E-state index contributed by atoms with van der Waals surface area (Å²) in [7, 11) is 2.21. The Morgan fingerprint density at radius 1 is 1.42 bits per heavy atom. The van der Waals surface area contributed by atoms with Crippen LogP contribution in [0.15, 0.2) is 11.6 Å². The van der Waals surface area contributed by atoms with Gasteiger partial charge in [-0.2, -0.15) is 0 Å². The monoisotopic (exact) mass is 377 g/mol. The number of carbonyl (C=O) groups is 1. The van der Waals surface area contributed by atoms with Crippen molar-refractivity contribution in [3.05, 3.63) is 16.6 Å². The molecule has 0 radical (unpaired) electrons. The topological polar surface area (TPSA) is 74.5 Å². The molecule has 1 unspecified atom stereocenters. The number of amides is 2. The second kappa shape index (κ2) is 7.09. The van der Waals surface area contributed by atoms with Gasteiger partial charge in [-0.25, -0.2) is 9.78 Å². The van der Waals surface area contributed by atoms with Gasteiger partial charge in [-0.15, -0.1) is 11.3 Å². The van der Waals surface area contributed by atoms with Crippen LogP contribution in [0, 0.1) is 10.8 Å². The summed E-state index contributed by atoms with van der Waals surface area (Å²) in [4.78, 5) is 21.3. The molecule has 1 aliphatic heterocycles. The highest BCUT2D eigenvalue weighted by Gasteiger charge is 2.56. The molecule has 2 amide bonds. The van der Waals surface area contributed by atoms with Crippen LogP contribution < -0.4 is 11.1 Å². The van der Waals surface area contributed by atoms with Gasteiger partial charge in [0.05, 0.1) is 6.54 Å². The number of urea groups is 1. The summed E-state index contributed by atoms with van der Waals surface area (Å²) in [6.07, 6.45) is 8.87. The van der Waals surface area contributed by atoms with Crippen molar-refractivity contribution in [2.24, 2.45) is 16.6 Å². The number of hydrogen-bond donors (Lipinski definition) is 2. The summed E-state index contributed by atoms with van der Waals surface area (Å²) in [5.41, 5.74) is 6.58. The summed E-state index contributed by atoms with van der Waals surface area (Å²) in [5, 5.41) is 6.34. The number of carbonyl (C=O) groups excluding carboxylic acids is 1. The maximum atomic E-state index is 12.4. The number of piperidine rings is 1. The third-order valence-corrected chi connectivity index (χ3v) is 7.68. The van der Waals surface area contributed by atoms with Crippen LogP contribution in [-0.2, 0) is 6.54 Å². The van der Waals surface area contributed by atoms with Crippen LogP contribution >= 0.6 is 11.3 Å². The fourth-order valence-electron chi connectivity index (χ4n) is 4.58. The maximum Gasteiger partial charge on any atom is 0.317 e. The van der Waals surface area contributed by atoms with E-state index in [1.165, 1.54) is 24.3 Å². The third-order valence-electron chi connectivity index (χ3n) is 6.91. The molecular formula is C19H31N5OS. The van der Waals surface area contributed by atoms with E-state index in [2.05, 4.69) is 22.2 Å². The minimum Gasteiger partial charge on any atom is -0.338 e. The van der Waals surface area contributed by atoms with Crippen molar-refractivity contribution < 1.29 is 4.79 Å². The molecule has 1 aromatic heterocycles. The van der Waals surface area contributed by atoms with E-state index in [0.717, 1.165) is 52.0 Å². The molecule has 7 heteroatoms. The fraction of sp³-hybridized carbons (Fsp3) is 0.789. The minimum atomic E-state index is 0.112. The van der Waals surface area contributed by atoms with Gasteiger partial charge in [0, 0.05) is 37.3 Å². The predicted octanol–water partition coefficient (Wildman–Crippen LogP) is 2.27. The van der Waals surface area contributed by atoms with Crippen molar-refractivity contribution in [1.82, 2.24) is 20.1 Å². The zero-order valence-corrected chi connectivity index (χ0v) is 16.6. The van der Waals surface area contributed by atoms with E-state index in [1.807, 2.05) is 16.5 Å². The van der Waals surface area contributed by atoms with E-state index in [9.17, 15) is 4.79 Å². The average molecular weight is 378 g/mol. The largest absolute Gasteiger partial charge is 0.338 e. The van der Waals surface area contributed by atoms with Crippen LogP contribution in [0.2, 0.25) is 0 Å². The SMILES string of the molecule is CN(Cc1nccs1)C1CC12CCN(C(=O)NCCC1(CN)CC1)CC2. The lowest BCUT2D eigenvalue weighted by Gasteiger charge is -2.34. The van der Waals surface area contributed by atoms with Gasteiger partial charge in [-0.05, 0) is 62.9 Å². The number of aromatic nitrogens is 1. The zero-order valence-electron chi connectivity index (χ0n) is 15.7. The van der Waals surface area contributed by atoms with E-state index < -0.39 is 0 Å². The van der Waals surface area contributed by atoms with E-state index in [0.29, 0.717) is 16.9 Å². The Balaban J connectivity index is 1.19. The molecule has 6 nitrogen and oxygen atoms in total. The molecule has 0 bridgehead atoms. The highest BCUT2D eigenvalue weighted by molar-refractivity contribution is 7.09. The molecule has 0 aromatic carbocycles. The van der Waals surface area contributed by atoms with Crippen molar-refractivity contribution in [3.8, 4) is 0 Å². The molecule has 1 saturated heterocycles. The Hall–Kier alpha value is -1.18. The Kier molecular flexibility index (Phi) is 4.96. The normalized spacial score (nSPS) is 25.5. The fourth-order valence-corrected chi connectivity index (χ4v) is 5.25. The predicted molar refractivity (Wildman–Crippen MR) is 104 cm³/mol. The number of likely N-dealkylation sites (tertiary alicyclic amines) is 1. The van der Waals surface area contributed by atoms with Crippen molar-refractivity contribution in [3.63, 3.8) is 0 Å². The molecular weight excluding hydrogens is 346 g/mol. The lowest BCUT2D eigenvalue weighted by Crippen LogP contribution is -2.46. The smallest absolute Gasteiger partial charge is 0.317 e. The first-order chi connectivity index (χ1) is 12.6. The number of rotatable bonds is 7. The quantitative estimate of drug-likeness (QED) is 0.764. The Morgan fingerprint density at radius 3 is 2.81 bits per heavy atom. The minimum absolute atomic E-state index is 0.112. The molecule has 2 saturated carbocycles. The maximum absolute atomic E-state index is 12.4. The molecule has 2 aliphatic carbocycles. The molecule has 2 heterocycles. The van der Waals surface area contributed by atoms with E-state index in [-0.39, 0.29) is 6.03 Å². The Bertz CT molecular complexity index is 622. The first kappa shape index (κ1) is 18.2. The number of thiazole rings is 1. The summed E-state index contributed by atoms with van der Waals surface area (Å²) in [6.45, 7) is 4.23. The highest BCUT2D eigenvalue weighted by Crippen LogP contribution is 2.56. The van der Waals surface area contributed by atoms with Crippen LogP contribution in [0.5, 0.6) is 0 Å². The zero-order chi connectivity index (χ0) is 18.2. The second-order valence-corrected chi connectivity index (χ2v) is 9.58. The first-order valence-electron chi connectivity index (χ1n) is 9.87. The third kappa shape index (κ3) is 3.75. The molecule has 144 valence electrons. The molecule has 1 atom stereocenters. The lowest BCUT2D eigenvalue weighted by atomic mass is 9.92. The van der Waals surface area contributed by atoms with Gasteiger partial charge < -0.3 is 16.0 Å². The number of nitrogens with one attached hydrogen (secondary N) is 1. The molecule has 1 aromatic rings. The van der Waals surface area contributed by atoms with E-state index in [4.69, 9.17) is 5.73 Å². The van der Waals surface area contributed by atoms with Crippen LogP contribution in [0.4, 0.5) is 4.79 Å². The van der Waals surface area contributed by atoms with Crippen LogP contribution in [-0.4, -0.2) is 60.1 Å². The van der Waals surface area contributed by atoms with Gasteiger partial charge >= 0.3 is 6.03 Å². The van der Waals surface area contributed by atoms with Crippen molar-refractivity contribution in [1.29, 1.82) is 0 Å². The number of nitrogens with two attached hydrogens (primary N) is 1. The van der Waals surface area contributed by atoms with Crippen LogP contribution in [0.1, 0.15) is 43.5 Å². The first-order valence-corrected chi connectivity index (χ1v) is 10.8. The standard InChI is InChI=1S/C19H31N5OS/c1-23(13-16-21-8-11-26-16)15-12-19(15)5-9-24(10-6-19)17(25)22-7-4-18(14-20)2-3-18/h8,11,15H,2-7,9-10,12-14,20H2,1H3,(H,22,25). The average Bonchev–Trinajstić information content (AvgIpc) is 3.52. The van der Waals surface area contributed by atoms with Crippen molar-refractivity contribution >= 4 is 17.4 Å². The van der Waals surface area contributed by atoms with Gasteiger partial charge in [0.1, 0.15) is 5.01 Å². The van der Waals surface area contributed by atoms with Gasteiger partial charge in [0.15, 0.2) is 0 Å². The van der Waals surface area contributed by atoms with E-state index >= 15 is 0 Å². The Morgan fingerprint density at radius 2 is 2.19 bits per heavy atom. The summed E-state index contributed by atoms with van der Waals surface area (Å²) in [6, 6.07) is 0.761. The summed E-state index contributed by atoms with van der Waals surface area (Å²) >= 11 is 1.73. The number of nitrogens with zero attached hydrogens (tertiary/aromatic N) is 3. The molecule has 3 aliphatic rings. The molecule has 3 fully saturated rings. The van der Waals surface area contributed by atoms with Crippen LogP contribution in [0.3, 0.4) is 0 Å². The van der Waals surface area contributed by atoms with Gasteiger partial charge in [0.25, 0.3) is 0 Å². The van der Waals surface area contributed by atoms with E-state index in [1.54, 1.807) is 11.3 Å². The summed E-state index contributed by atoms with van der Waals surface area (Å²) in [5.74, 6) is 0. The van der Waals surface area contributed by atoms with Gasteiger partial charge in [-0.1, -0.05) is 0 Å². The molecule has 26 heavy (non-hydrogen) atoms. The number of hydrogen-bond acceptors (Lipinski definition) is 5. The van der Waals surface area contributed by atoms with Gasteiger partial charge in [0.2, 0.25) is 0 Å². The highest BCUT2D eigenvalue weighted by atomic mass is 32.1.